The van der Waals surface area contributed by atoms with Crippen molar-refractivity contribution >= 4 is 41.0 Å². The first kappa shape index (κ1) is 27.8. The Kier molecular flexibility index (Phi) is 7.61. The van der Waals surface area contributed by atoms with Crippen molar-refractivity contribution in [1.29, 1.82) is 0 Å². The normalized spacial score (nSPS) is 22.7. The van der Waals surface area contributed by atoms with Gasteiger partial charge in [-0.25, -0.2) is 9.78 Å². The summed E-state index contributed by atoms with van der Waals surface area (Å²) in [5.74, 6) is 0.954. The number of rotatable bonds is 7. The molecule has 2 unspecified atom stereocenters. The molecule has 3 aliphatic rings. The van der Waals surface area contributed by atoms with Crippen molar-refractivity contribution in [2.24, 2.45) is 0 Å². The molecule has 1 fully saturated rings. The summed E-state index contributed by atoms with van der Waals surface area (Å²) in [6, 6.07) is 15.7. The molecule has 4 amide bonds. The van der Waals surface area contributed by atoms with E-state index >= 15 is 0 Å². The molecule has 3 aliphatic heterocycles. The molecule has 42 heavy (non-hydrogen) atoms. The van der Waals surface area contributed by atoms with Gasteiger partial charge in [0, 0.05) is 38.0 Å². The third-order valence-corrected chi connectivity index (χ3v) is 9.02. The highest BCUT2D eigenvalue weighted by molar-refractivity contribution is 8.01. The highest BCUT2D eigenvalue weighted by Gasteiger charge is 2.47. The molecule has 2 aromatic carbocycles. The number of likely N-dealkylation sites (tertiary alicyclic amines) is 1. The zero-order chi connectivity index (χ0) is 29.4. The first-order chi connectivity index (χ1) is 20.4. The number of carbonyl (C=O) groups excluding carboxylic acids is 3. The number of piperidine rings is 1. The maximum Gasteiger partial charge on any atom is 0.327 e. The van der Waals surface area contributed by atoms with Crippen LogP contribution in [0.15, 0.2) is 78.5 Å². The molecule has 0 radical (unpaired) electrons. The summed E-state index contributed by atoms with van der Waals surface area (Å²) in [6.07, 6.45) is 3.30. The van der Waals surface area contributed by atoms with Crippen molar-refractivity contribution in [2.75, 3.05) is 25.1 Å². The van der Waals surface area contributed by atoms with Crippen molar-refractivity contribution in [3.05, 3.63) is 84.6 Å². The van der Waals surface area contributed by atoms with E-state index < -0.39 is 11.3 Å². The highest BCUT2D eigenvalue weighted by Crippen LogP contribution is 2.51. The van der Waals surface area contributed by atoms with Crippen LogP contribution in [-0.2, 0) is 14.3 Å². The molecule has 0 saturated carbocycles. The summed E-state index contributed by atoms with van der Waals surface area (Å²) in [5, 5.41) is 6.24. The standard InChI is InChI=1S/C31H31N5O5S/c1-4-25(37)35-16-19(15-22(17-35)40-3)33-29(38)28-27-26-24(12-13-32-30(26)42-28)36(31(39)34-27)23-11-10-21(14-18(23)2)41-20-8-6-5-7-9-20/h4-14,19,22,27-28H,1,15-17H2,2-3H3,(H,33,38)(H,34,39)/t19-,22+,27?,28?/m1/s1. The van der Waals surface area contributed by atoms with Gasteiger partial charge in [-0.3, -0.25) is 14.5 Å². The Morgan fingerprint density at radius 3 is 2.67 bits per heavy atom. The van der Waals surface area contributed by atoms with Crippen LogP contribution in [0.25, 0.3) is 0 Å². The fourth-order valence-electron chi connectivity index (χ4n) is 5.75. The monoisotopic (exact) mass is 585 g/mol. The first-order valence-corrected chi connectivity index (χ1v) is 14.6. The summed E-state index contributed by atoms with van der Waals surface area (Å²) < 4.78 is 11.5. The number of hydrogen-bond donors (Lipinski definition) is 2. The second kappa shape index (κ2) is 11.5. The average Bonchev–Trinajstić information content (AvgIpc) is 3.37. The molecule has 4 atom stereocenters. The van der Waals surface area contributed by atoms with Crippen molar-refractivity contribution in [1.82, 2.24) is 20.5 Å². The van der Waals surface area contributed by atoms with Gasteiger partial charge in [0.25, 0.3) is 0 Å². The predicted octanol–water partition coefficient (Wildman–Crippen LogP) is 4.48. The second-order valence-corrected chi connectivity index (χ2v) is 11.6. The van der Waals surface area contributed by atoms with Crippen LogP contribution in [0.1, 0.15) is 23.6 Å². The number of thioether (sulfide) groups is 1. The Bertz CT molecular complexity index is 1550. The van der Waals surface area contributed by atoms with Gasteiger partial charge in [0.2, 0.25) is 11.8 Å². The molecule has 2 N–H and O–H groups in total. The fraction of sp³-hybridized carbons (Fsp3) is 0.290. The SMILES string of the molecule is C=CC(=O)N1C[C@H](NC(=O)C2Sc3nccc4c3C2NC(=O)N4c2ccc(Oc3ccccc3)cc2C)C[C@H](OC)C1. The molecular formula is C31H31N5O5S. The lowest BCUT2D eigenvalue weighted by Gasteiger charge is -2.38. The summed E-state index contributed by atoms with van der Waals surface area (Å²) in [7, 11) is 1.59. The zero-order valence-electron chi connectivity index (χ0n) is 23.3. The number of pyridine rings is 1. The number of anilines is 2. The summed E-state index contributed by atoms with van der Waals surface area (Å²) in [6.45, 7) is 6.31. The van der Waals surface area contributed by atoms with Gasteiger partial charge in [0.15, 0.2) is 0 Å². The number of benzene rings is 2. The van der Waals surface area contributed by atoms with Crippen LogP contribution in [0.4, 0.5) is 16.2 Å². The van der Waals surface area contributed by atoms with Crippen LogP contribution >= 0.6 is 11.8 Å². The molecule has 216 valence electrons. The number of para-hydroxylation sites is 1. The van der Waals surface area contributed by atoms with E-state index in [1.807, 2.05) is 61.5 Å². The van der Waals surface area contributed by atoms with E-state index in [4.69, 9.17) is 9.47 Å². The van der Waals surface area contributed by atoms with Gasteiger partial charge in [-0.2, -0.15) is 0 Å². The van der Waals surface area contributed by atoms with Crippen molar-refractivity contribution in [3.63, 3.8) is 0 Å². The average molecular weight is 586 g/mol. The molecule has 4 heterocycles. The van der Waals surface area contributed by atoms with Gasteiger partial charge in [0.1, 0.15) is 21.8 Å². The smallest absolute Gasteiger partial charge is 0.327 e. The lowest BCUT2D eigenvalue weighted by Crippen LogP contribution is -2.56. The summed E-state index contributed by atoms with van der Waals surface area (Å²) in [4.78, 5) is 47.3. The number of methoxy groups -OCH3 is 1. The Balaban J connectivity index is 1.23. The minimum Gasteiger partial charge on any atom is -0.457 e. The number of aryl methyl sites for hydroxylation is 1. The number of hydrogen-bond acceptors (Lipinski definition) is 7. The number of nitrogens with one attached hydrogen (secondary N) is 2. The van der Waals surface area contributed by atoms with E-state index in [1.165, 1.54) is 17.8 Å². The molecular weight excluding hydrogens is 554 g/mol. The van der Waals surface area contributed by atoms with Crippen LogP contribution in [-0.4, -0.2) is 65.3 Å². The molecule has 0 aliphatic carbocycles. The van der Waals surface area contributed by atoms with Crippen molar-refractivity contribution in [2.45, 2.75) is 41.8 Å². The highest BCUT2D eigenvalue weighted by atomic mass is 32.2. The second-order valence-electron chi connectivity index (χ2n) is 10.5. The van der Waals surface area contributed by atoms with Gasteiger partial charge in [0.05, 0.1) is 23.5 Å². The van der Waals surface area contributed by atoms with Crippen LogP contribution in [0.3, 0.4) is 0 Å². The lowest BCUT2D eigenvalue weighted by molar-refractivity contribution is -0.132. The van der Waals surface area contributed by atoms with E-state index in [-0.39, 0.29) is 30.0 Å². The van der Waals surface area contributed by atoms with Gasteiger partial charge < -0.3 is 25.0 Å². The molecule has 0 spiro atoms. The number of nitrogens with zero attached hydrogens (tertiary/aromatic N) is 3. The number of carbonyl (C=O) groups is 3. The summed E-state index contributed by atoms with van der Waals surface area (Å²) >= 11 is 1.33. The number of amides is 4. The minimum atomic E-state index is -0.617. The van der Waals surface area contributed by atoms with Crippen LogP contribution in [0.5, 0.6) is 11.5 Å². The van der Waals surface area contributed by atoms with Gasteiger partial charge in [-0.15, -0.1) is 0 Å². The van der Waals surface area contributed by atoms with E-state index in [1.54, 1.807) is 23.1 Å². The van der Waals surface area contributed by atoms with Crippen molar-refractivity contribution in [3.8, 4) is 11.5 Å². The molecule has 10 nitrogen and oxygen atoms in total. The Labute approximate surface area is 248 Å². The van der Waals surface area contributed by atoms with Crippen LogP contribution in [0.2, 0.25) is 0 Å². The molecule has 3 aromatic rings. The van der Waals surface area contributed by atoms with Gasteiger partial charge in [-0.05, 0) is 61.4 Å². The first-order valence-electron chi connectivity index (χ1n) is 13.7. The molecule has 1 aromatic heterocycles. The third kappa shape index (κ3) is 5.21. The van der Waals surface area contributed by atoms with Gasteiger partial charge >= 0.3 is 6.03 Å². The molecule has 11 heteroatoms. The zero-order valence-corrected chi connectivity index (χ0v) is 24.1. The van der Waals surface area contributed by atoms with Gasteiger partial charge in [-0.1, -0.05) is 36.5 Å². The van der Waals surface area contributed by atoms with E-state index in [0.717, 1.165) is 16.9 Å². The molecule has 0 bridgehead atoms. The Morgan fingerprint density at radius 2 is 1.93 bits per heavy atom. The number of aromatic nitrogens is 1. The Morgan fingerprint density at radius 1 is 1.12 bits per heavy atom. The number of urea groups is 1. The molecule has 6 rings (SSSR count). The van der Waals surface area contributed by atoms with Crippen molar-refractivity contribution < 1.29 is 23.9 Å². The third-order valence-electron chi connectivity index (χ3n) is 7.73. The quantitative estimate of drug-likeness (QED) is 0.393. The predicted molar refractivity (Wildman–Crippen MR) is 159 cm³/mol. The summed E-state index contributed by atoms with van der Waals surface area (Å²) in [5.41, 5.74) is 3.06. The minimum absolute atomic E-state index is 0.203. The topological polar surface area (TPSA) is 113 Å². The fourth-order valence-corrected chi connectivity index (χ4v) is 6.99. The largest absolute Gasteiger partial charge is 0.457 e. The van der Waals surface area contributed by atoms with Crippen LogP contribution in [0, 0.1) is 6.92 Å². The molecule has 1 saturated heterocycles. The van der Waals surface area contributed by atoms with E-state index in [2.05, 4.69) is 22.2 Å². The maximum atomic E-state index is 13.6. The maximum absolute atomic E-state index is 13.6. The Hall–Kier alpha value is -4.35. The van der Waals surface area contributed by atoms with Crippen LogP contribution < -0.4 is 20.3 Å². The lowest BCUT2D eigenvalue weighted by atomic mass is 9.98. The number of ether oxygens (including phenoxy) is 2. The van der Waals surface area contributed by atoms with E-state index in [0.29, 0.717) is 41.7 Å². The van der Waals surface area contributed by atoms with E-state index in [9.17, 15) is 14.4 Å².